The van der Waals surface area contributed by atoms with Crippen LogP contribution in [0, 0.1) is 6.92 Å². The summed E-state index contributed by atoms with van der Waals surface area (Å²) >= 11 is 0. The second kappa shape index (κ2) is 6.51. The fourth-order valence-corrected chi connectivity index (χ4v) is 2.56. The van der Waals surface area contributed by atoms with Crippen LogP contribution in [-0.4, -0.2) is 30.7 Å². The van der Waals surface area contributed by atoms with Crippen molar-refractivity contribution >= 4 is 23.1 Å². The number of nitrogens with one attached hydrogen (secondary N) is 2. The van der Waals surface area contributed by atoms with Gasteiger partial charge in [-0.2, -0.15) is 0 Å². The molecule has 6 nitrogen and oxygen atoms in total. The van der Waals surface area contributed by atoms with Gasteiger partial charge in [0.05, 0.1) is 6.54 Å². The Balaban J connectivity index is 1.49. The summed E-state index contributed by atoms with van der Waals surface area (Å²) in [4.78, 5) is 14.2. The molecule has 0 bridgehead atoms. The first-order valence-corrected chi connectivity index (χ1v) is 7.53. The molecular formula is C16H20N4O2. The van der Waals surface area contributed by atoms with Gasteiger partial charge in [-0.1, -0.05) is 5.16 Å². The van der Waals surface area contributed by atoms with Gasteiger partial charge >= 0.3 is 0 Å². The molecule has 1 aromatic heterocycles. The summed E-state index contributed by atoms with van der Waals surface area (Å²) in [5.74, 6) is 0.950. The highest BCUT2D eigenvalue weighted by Gasteiger charge is 2.12. The lowest BCUT2D eigenvalue weighted by Crippen LogP contribution is -2.22. The molecule has 2 heterocycles. The van der Waals surface area contributed by atoms with E-state index < -0.39 is 0 Å². The average molecular weight is 300 g/mol. The topological polar surface area (TPSA) is 70.4 Å². The van der Waals surface area contributed by atoms with Crippen LogP contribution in [0.2, 0.25) is 0 Å². The van der Waals surface area contributed by atoms with E-state index in [0.29, 0.717) is 11.6 Å². The maximum atomic E-state index is 11.8. The first-order chi connectivity index (χ1) is 10.7. The molecule has 0 radical (unpaired) electrons. The van der Waals surface area contributed by atoms with E-state index in [9.17, 15) is 4.79 Å². The zero-order chi connectivity index (χ0) is 15.4. The third-order valence-electron chi connectivity index (χ3n) is 3.69. The minimum absolute atomic E-state index is 0.156. The Hall–Kier alpha value is -2.50. The summed E-state index contributed by atoms with van der Waals surface area (Å²) in [5.41, 5.74) is 2.17. The van der Waals surface area contributed by atoms with Crippen molar-refractivity contribution in [1.82, 2.24) is 5.16 Å². The zero-order valence-corrected chi connectivity index (χ0v) is 12.6. The highest BCUT2D eigenvalue weighted by atomic mass is 16.5. The lowest BCUT2D eigenvalue weighted by atomic mass is 10.2. The van der Waals surface area contributed by atoms with Gasteiger partial charge < -0.3 is 20.1 Å². The number of hydrogen-bond acceptors (Lipinski definition) is 5. The van der Waals surface area contributed by atoms with E-state index in [2.05, 4.69) is 32.8 Å². The van der Waals surface area contributed by atoms with Crippen LogP contribution in [0.5, 0.6) is 0 Å². The number of benzene rings is 1. The van der Waals surface area contributed by atoms with Crippen LogP contribution < -0.4 is 15.5 Å². The van der Waals surface area contributed by atoms with Crippen molar-refractivity contribution in [2.45, 2.75) is 19.8 Å². The SMILES string of the molecule is Cc1cc(NC(=O)CNc2ccc(N3CCCC3)cc2)no1. The van der Waals surface area contributed by atoms with Crippen molar-refractivity contribution in [3.8, 4) is 0 Å². The molecule has 1 aliphatic heterocycles. The van der Waals surface area contributed by atoms with Crippen LogP contribution in [0.4, 0.5) is 17.2 Å². The monoisotopic (exact) mass is 300 g/mol. The quantitative estimate of drug-likeness (QED) is 0.888. The van der Waals surface area contributed by atoms with E-state index in [1.54, 1.807) is 13.0 Å². The van der Waals surface area contributed by atoms with Gasteiger partial charge in [0.15, 0.2) is 5.82 Å². The molecule has 1 fully saturated rings. The maximum Gasteiger partial charge on any atom is 0.244 e. The largest absolute Gasteiger partial charge is 0.376 e. The number of carbonyl (C=O) groups excluding carboxylic acids is 1. The van der Waals surface area contributed by atoms with Crippen LogP contribution >= 0.6 is 0 Å². The predicted octanol–water partition coefficient (Wildman–Crippen LogP) is 2.63. The molecule has 1 saturated heterocycles. The normalized spacial score (nSPS) is 14.1. The molecule has 0 aliphatic carbocycles. The fourth-order valence-electron chi connectivity index (χ4n) is 2.56. The minimum atomic E-state index is -0.156. The second-order valence-corrected chi connectivity index (χ2v) is 5.47. The minimum Gasteiger partial charge on any atom is -0.376 e. The molecular weight excluding hydrogens is 280 g/mol. The van der Waals surface area contributed by atoms with E-state index in [4.69, 9.17) is 4.52 Å². The van der Waals surface area contributed by atoms with Gasteiger partial charge in [-0.15, -0.1) is 0 Å². The molecule has 0 unspecified atom stereocenters. The van der Waals surface area contributed by atoms with E-state index in [1.165, 1.54) is 18.5 Å². The Morgan fingerprint density at radius 2 is 2.00 bits per heavy atom. The smallest absolute Gasteiger partial charge is 0.244 e. The van der Waals surface area contributed by atoms with E-state index >= 15 is 0 Å². The number of aryl methyl sites for hydroxylation is 1. The summed E-state index contributed by atoms with van der Waals surface area (Å²) in [6, 6.07) is 9.87. The van der Waals surface area contributed by atoms with Crippen molar-refractivity contribution in [2.24, 2.45) is 0 Å². The van der Waals surface area contributed by atoms with Crippen molar-refractivity contribution in [1.29, 1.82) is 0 Å². The van der Waals surface area contributed by atoms with Crippen molar-refractivity contribution in [3.63, 3.8) is 0 Å². The molecule has 1 amide bonds. The van der Waals surface area contributed by atoms with E-state index in [1.807, 2.05) is 12.1 Å². The number of nitrogens with zero attached hydrogens (tertiary/aromatic N) is 2. The summed E-state index contributed by atoms with van der Waals surface area (Å²) in [6.45, 7) is 4.23. The van der Waals surface area contributed by atoms with Crippen molar-refractivity contribution < 1.29 is 9.32 Å². The molecule has 1 aromatic carbocycles. The number of aromatic nitrogens is 1. The first kappa shape index (κ1) is 14.4. The van der Waals surface area contributed by atoms with Gasteiger partial charge in [-0.25, -0.2) is 0 Å². The van der Waals surface area contributed by atoms with Gasteiger partial charge in [0.25, 0.3) is 0 Å². The highest BCUT2D eigenvalue weighted by Crippen LogP contribution is 2.21. The summed E-state index contributed by atoms with van der Waals surface area (Å²) in [6.07, 6.45) is 2.53. The van der Waals surface area contributed by atoms with E-state index in [0.717, 1.165) is 18.8 Å². The molecule has 0 atom stereocenters. The number of amides is 1. The Morgan fingerprint density at radius 1 is 1.27 bits per heavy atom. The van der Waals surface area contributed by atoms with Crippen LogP contribution in [0.1, 0.15) is 18.6 Å². The summed E-state index contributed by atoms with van der Waals surface area (Å²) in [7, 11) is 0. The molecule has 1 aliphatic rings. The van der Waals surface area contributed by atoms with Gasteiger partial charge in [0.1, 0.15) is 5.76 Å². The third-order valence-corrected chi connectivity index (χ3v) is 3.69. The third kappa shape index (κ3) is 3.58. The van der Waals surface area contributed by atoms with Gasteiger partial charge in [0.2, 0.25) is 5.91 Å². The van der Waals surface area contributed by atoms with Gasteiger partial charge in [-0.05, 0) is 44.0 Å². The van der Waals surface area contributed by atoms with Crippen LogP contribution in [-0.2, 0) is 4.79 Å². The van der Waals surface area contributed by atoms with Gasteiger partial charge in [-0.3, -0.25) is 4.79 Å². The standard InChI is InChI=1S/C16H20N4O2/c1-12-10-15(19-22-12)18-16(21)11-17-13-4-6-14(7-5-13)20-8-2-3-9-20/h4-7,10,17H,2-3,8-9,11H2,1H3,(H,18,19,21). The zero-order valence-electron chi connectivity index (χ0n) is 12.6. The number of hydrogen-bond donors (Lipinski definition) is 2. The lowest BCUT2D eigenvalue weighted by molar-refractivity contribution is -0.114. The maximum absolute atomic E-state index is 11.8. The summed E-state index contributed by atoms with van der Waals surface area (Å²) < 4.78 is 4.90. The van der Waals surface area contributed by atoms with E-state index in [-0.39, 0.29) is 12.5 Å². The number of anilines is 3. The molecule has 0 saturated carbocycles. The Bertz CT molecular complexity index is 630. The van der Waals surface area contributed by atoms with Gasteiger partial charge in [0, 0.05) is 30.5 Å². The van der Waals surface area contributed by atoms with Crippen LogP contribution in [0.25, 0.3) is 0 Å². The molecule has 3 rings (SSSR count). The lowest BCUT2D eigenvalue weighted by Gasteiger charge is -2.17. The van der Waals surface area contributed by atoms with Crippen LogP contribution in [0.3, 0.4) is 0 Å². The molecule has 2 aromatic rings. The predicted molar refractivity (Wildman–Crippen MR) is 86.2 cm³/mol. The fraction of sp³-hybridized carbons (Fsp3) is 0.375. The highest BCUT2D eigenvalue weighted by molar-refractivity contribution is 5.92. The first-order valence-electron chi connectivity index (χ1n) is 7.53. The molecule has 22 heavy (non-hydrogen) atoms. The number of rotatable bonds is 5. The molecule has 116 valence electrons. The van der Waals surface area contributed by atoms with Crippen molar-refractivity contribution in [2.75, 3.05) is 35.2 Å². The number of carbonyl (C=O) groups is 1. The molecule has 0 spiro atoms. The molecule has 6 heteroatoms. The Labute approximate surface area is 129 Å². The second-order valence-electron chi connectivity index (χ2n) is 5.47. The van der Waals surface area contributed by atoms with Crippen molar-refractivity contribution in [3.05, 3.63) is 36.1 Å². The van der Waals surface area contributed by atoms with Crippen LogP contribution in [0.15, 0.2) is 34.9 Å². The molecule has 2 N–H and O–H groups in total. The summed E-state index contributed by atoms with van der Waals surface area (Å²) in [5, 5.41) is 9.50. The Kier molecular flexibility index (Phi) is 4.27. The Morgan fingerprint density at radius 3 is 2.64 bits per heavy atom. The average Bonchev–Trinajstić information content (AvgIpc) is 3.18.